The van der Waals surface area contributed by atoms with Crippen LogP contribution < -0.4 is 4.74 Å². The lowest BCUT2D eigenvalue weighted by atomic mass is 9.70. The molecule has 15 heavy (non-hydrogen) atoms. The molecule has 0 atom stereocenters. The summed E-state index contributed by atoms with van der Waals surface area (Å²) in [6.45, 7) is 0.893. The smallest absolute Gasteiger partial charge is 0.122 e. The Bertz CT molecular complexity index is 350. The Balaban J connectivity index is 1.87. The van der Waals surface area contributed by atoms with Crippen molar-refractivity contribution in [3.05, 3.63) is 36.2 Å². The van der Waals surface area contributed by atoms with Gasteiger partial charge in [0.2, 0.25) is 0 Å². The zero-order chi connectivity index (χ0) is 10.1. The Kier molecular flexibility index (Phi) is 2.19. The van der Waals surface area contributed by atoms with E-state index in [1.165, 1.54) is 37.7 Å². The van der Waals surface area contributed by atoms with Crippen molar-refractivity contribution >= 4 is 0 Å². The van der Waals surface area contributed by atoms with Crippen molar-refractivity contribution in [1.29, 1.82) is 0 Å². The van der Waals surface area contributed by atoms with Crippen LogP contribution in [-0.2, 0) is 0 Å². The van der Waals surface area contributed by atoms with Crippen molar-refractivity contribution in [2.45, 2.75) is 32.1 Å². The van der Waals surface area contributed by atoms with Gasteiger partial charge in [0, 0.05) is 11.8 Å². The zero-order valence-electron chi connectivity index (χ0n) is 9.04. The van der Waals surface area contributed by atoms with Crippen LogP contribution in [0.4, 0.5) is 0 Å². The first kappa shape index (κ1) is 9.26. The highest BCUT2D eigenvalue weighted by molar-refractivity contribution is 5.42. The van der Waals surface area contributed by atoms with Crippen LogP contribution in [0, 0.1) is 11.8 Å². The summed E-state index contributed by atoms with van der Waals surface area (Å²) in [5.74, 6) is 1.06. The maximum Gasteiger partial charge on any atom is 0.122 e. The van der Waals surface area contributed by atoms with Crippen LogP contribution in [0.3, 0.4) is 0 Å². The lowest BCUT2D eigenvalue weighted by Gasteiger charge is -2.40. The first-order chi connectivity index (χ1) is 7.38. The van der Waals surface area contributed by atoms with Gasteiger partial charge in [0.1, 0.15) is 5.75 Å². The second-order valence-corrected chi connectivity index (χ2v) is 4.89. The van der Waals surface area contributed by atoms with Gasteiger partial charge in [-0.25, -0.2) is 0 Å². The molecule has 1 fully saturated rings. The van der Waals surface area contributed by atoms with Gasteiger partial charge in [-0.05, 0) is 24.5 Å². The summed E-state index contributed by atoms with van der Waals surface area (Å²) >= 11 is 0. The Morgan fingerprint density at radius 2 is 1.80 bits per heavy atom. The molecule has 1 aliphatic carbocycles. The van der Waals surface area contributed by atoms with Gasteiger partial charge in [-0.2, -0.15) is 0 Å². The van der Waals surface area contributed by atoms with E-state index in [0.29, 0.717) is 5.41 Å². The SMILES string of the molecule is [CH]1c2ccccc2OCC12CCCCC2. The Morgan fingerprint density at radius 3 is 2.67 bits per heavy atom. The third kappa shape index (κ3) is 1.64. The Labute approximate surface area is 91.5 Å². The molecule has 1 radical (unpaired) electrons. The molecule has 79 valence electrons. The molecule has 1 spiro atoms. The fourth-order valence-corrected chi connectivity index (χ4v) is 2.87. The largest absolute Gasteiger partial charge is 0.493 e. The molecule has 1 heterocycles. The van der Waals surface area contributed by atoms with E-state index in [4.69, 9.17) is 4.74 Å². The van der Waals surface area contributed by atoms with Crippen LogP contribution in [0.5, 0.6) is 5.75 Å². The number of benzene rings is 1. The van der Waals surface area contributed by atoms with Crippen LogP contribution in [0.1, 0.15) is 37.7 Å². The number of rotatable bonds is 0. The molecule has 0 aromatic heterocycles. The minimum atomic E-state index is 0.354. The predicted molar refractivity (Wildman–Crippen MR) is 60.9 cm³/mol. The topological polar surface area (TPSA) is 9.23 Å². The van der Waals surface area contributed by atoms with Gasteiger partial charge in [0.15, 0.2) is 0 Å². The molecule has 0 N–H and O–H groups in total. The molecule has 1 saturated carbocycles. The van der Waals surface area contributed by atoms with Gasteiger partial charge in [-0.15, -0.1) is 0 Å². The van der Waals surface area contributed by atoms with Gasteiger partial charge < -0.3 is 4.74 Å². The molecule has 2 aliphatic rings. The van der Waals surface area contributed by atoms with Crippen molar-refractivity contribution in [1.82, 2.24) is 0 Å². The lowest BCUT2D eigenvalue weighted by Crippen LogP contribution is -2.35. The fraction of sp³-hybridized carbons (Fsp3) is 0.500. The maximum atomic E-state index is 5.89. The highest BCUT2D eigenvalue weighted by Crippen LogP contribution is 2.45. The zero-order valence-corrected chi connectivity index (χ0v) is 9.04. The molecular weight excluding hydrogens is 184 g/mol. The number of hydrogen-bond acceptors (Lipinski definition) is 1. The van der Waals surface area contributed by atoms with E-state index >= 15 is 0 Å². The molecule has 3 rings (SSSR count). The average Bonchev–Trinajstić information content (AvgIpc) is 2.30. The number of ether oxygens (including phenoxy) is 1. The summed E-state index contributed by atoms with van der Waals surface area (Å²) < 4.78 is 5.89. The second kappa shape index (κ2) is 3.55. The Morgan fingerprint density at radius 1 is 1.00 bits per heavy atom. The molecule has 0 amide bonds. The van der Waals surface area contributed by atoms with Gasteiger partial charge in [0.25, 0.3) is 0 Å². The minimum absolute atomic E-state index is 0.354. The van der Waals surface area contributed by atoms with Crippen molar-refractivity contribution in [3.63, 3.8) is 0 Å². The highest BCUT2D eigenvalue weighted by Gasteiger charge is 2.36. The average molecular weight is 201 g/mol. The normalized spacial score (nSPS) is 23.2. The van der Waals surface area contributed by atoms with Crippen molar-refractivity contribution in [2.75, 3.05) is 6.61 Å². The summed E-state index contributed by atoms with van der Waals surface area (Å²) in [5, 5.41) is 0. The molecule has 1 nitrogen and oxygen atoms in total. The third-order valence-electron chi connectivity index (χ3n) is 3.75. The van der Waals surface area contributed by atoms with Gasteiger partial charge in [-0.3, -0.25) is 0 Å². The van der Waals surface area contributed by atoms with Crippen LogP contribution >= 0.6 is 0 Å². The molecular formula is C14H17O. The number of hydrogen-bond donors (Lipinski definition) is 0. The van der Waals surface area contributed by atoms with Crippen LogP contribution in [0.25, 0.3) is 0 Å². The highest BCUT2D eigenvalue weighted by atomic mass is 16.5. The molecule has 1 heteroatoms. The molecule has 0 saturated heterocycles. The first-order valence-electron chi connectivity index (χ1n) is 5.96. The lowest BCUT2D eigenvalue weighted by molar-refractivity contribution is 0.116. The molecule has 1 aliphatic heterocycles. The third-order valence-corrected chi connectivity index (χ3v) is 3.75. The molecule has 1 aromatic carbocycles. The van der Waals surface area contributed by atoms with E-state index in [9.17, 15) is 0 Å². The molecule has 0 bridgehead atoms. The van der Waals surface area contributed by atoms with Crippen LogP contribution in [0.15, 0.2) is 24.3 Å². The summed E-state index contributed by atoms with van der Waals surface area (Å²) in [4.78, 5) is 0. The number of fused-ring (bicyclic) bond motifs is 1. The van der Waals surface area contributed by atoms with Gasteiger partial charge >= 0.3 is 0 Å². The van der Waals surface area contributed by atoms with Crippen molar-refractivity contribution < 1.29 is 4.74 Å². The molecule has 1 aromatic rings. The van der Waals surface area contributed by atoms with Gasteiger partial charge in [-0.1, -0.05) is 37.5 Å². The first-order valence-corrected chi connectivity index (χ1v) is 5.96. The van der Waals surface area contributed by atoms with Gasteiger partial charge in [0.05, 0.1) is 6.61 Å². The van der Waals surface area contributed by atoms with E-state index in [0.717, 1.165) is 12.4 Å². The summed E-state index contributed by atoms with van der Waals surface area (Å²) in [5.41, 5.74) is 1.65. The summed E-state index contributed by atoms with van der Waals surface area (Å²) in [6, 6.07) is 8.39. The van der Waals surface area contributed by atoms with Crippen LogP contribution in [-0.4, -0.2) is 6.61 Å². The molecule has 0 unspecified atom stereocenters. The van der Waals surface area contributed by atoms with Crippen molar-refractivity contribution in [3.8, 4) is 5.75 Å². The summed E-state index contributed by atoms with van der Waals surface area (Å²) in [7, 11) is 0. The number of para-hydroxylation sites is 1. The standard InChI is InChI=1S/C14H17O/c1-4-8-14(9-5-1)10-12-6-2-3-7-13(12)15-11-14/h2-3,6-7,10H,1,4-5,8-9,11H2. The summed E-state index contributed by atoms with van der Waals surface area (Å²) in [6.07, 6.45) is 9.20. The van der Waals surface area contributed by atoms with E-state index < -0.39 is 0 Å². The van der Waals surface area contributed by atoms with E-state index in [1.807, 2.05) is 6.07 Å². The maximum absolute atomic E-state index is 5.89. The fourth-order valence-electron chi connectivity index (χ4n) is 2.87. The second-order valence-electron chi connectivity index (χ2n) is 4.89. The van der Waals surface area contributed by atoms with Crippen LogP contribution in [0.2, 0.25) is 0 Å². The van der Waals surface area contributed by atoms with Crippen molar-refractivity contribution in [2.24, 2.45) is 5.41 Å². The quantitative estimate of drug-likeness (QED) is 0.623. The van der Waals surface area contributed by atoms with E-state index in [2.05, 4.69) is 24.6 Å². The van der Waals surface area contributed by atoms with E-state index in [1.54, 1.807) is 0 Å². The Hall–Kier alpha value is -0.980. The predicted octanol–water partition coefficient (Wildman–Crippen LogP) is 3.58. The van der Waals surface area contributed by atoms with E-state index in [-0.39, 0.29) is 0 Å². The minimum Gasteiger partial charge on any atom is -0.493 e. The monoisotopic (exact) mass is 201 g/mol.